The molecule has 4 aliphatic carbocycles. The first-order valence-corrected chi connectivity index (χ1v) is 13.5. The van der Waals surface area contributed by atoms with Crippen molar-refractivity contribution in [2.45, 2.75) is 75.3 Å². The SMILES string of the molecule is O=C(COc1ccc(Cl)c(Cl)c1)NC12CC(NC(=O)C3CNCCC3C3CCCCCC3)(C1)C2. The summed E-state index contributed by atoms with van der Waals surface area (Å²) < 4.78 is 5.55. The minimum atomic E-state index is -0.198. The summed E-state index contributed by atoms with van der Waals surface area (Å²) >= 11 is 11.9. The lowest BCUT2D eigenvalue weighted by atomic mass is 9.44. The van der Waals surface area contributed by atoms with Crippen molar-refractivity contribution in [2.75, 3.05) is 19.7 Å². The van der Waals surface area contributed by atoms with Crippen molar-refractivity contribution in [2.24, 2.45) is 17.8 Å². The molecule has 8 heteroatoms. The van der Waals surface area contributed by atoms with Crippen LogP contribution in [0.1, 0.15) is 64.2 Å². The van der Waals surface area contributed by atoms with Crippen LogP contribution in [0.25, 0.3) is 0 Å². The fraction of sp³-hybridized carbons (Fsp3) is 0.692. The number of ether oxygens (including phenoxy) is 1. The van der Waals surface area contributed by atoms with Crippen LogP contribution in [0.15, 0.2) is 18.2 Å². The van der Waals surface area contributed by atoms with Crippen molar-refractivity contribution in [3.05, 3.63) is 28.2 Å². The summed E-state index contributed by atoms with van der Waals surface area (Å²) in [5.74, 6) is 1.82. The summed E-state index contributed by atoms with van der Waals surface area (Å²) in [4.78, 5) is 25.8. The summed E-state index contributed by atoms with van der Waals surface area (Å²) in [6.07, 6.45) is 11.4. The van der Waals surface area contributed by atoms with Gasteiger partial charge in [-0.15, -0.1) is 0 Å². The molecule has 5 fully saturated rings. The van der Waals surface area contributed by atoms with Crippen LogP contribution in [0.2, 0.25) is 10.0 Å². The molecular weight excluding hydrogens is 473 g/mol. The third kappa shape index (κ3) is 5.05. The average molecular weight is 508 g/mol. The molecule has 0 aromatic heterocycles. The van der Waals surface area contributed by atoms with E-state index in [1.165, 1.54) is 38.5 Å². The van der Waals surface area contributed by atoms with Gasteiger partial charge in [-0.25, -0.2) is 0 Å². The van der Waals surface area contributed by atoms with E-state index in [2.05, 4.69) is 16.0 Å². The minimum absolute atomic E-state index is 0.0658. The summed E-state index contributed by atoms with van der Waals surface area (Å²) in [5, 5.41) is 10.8. The lowest BCUT2D eigenvalue weighted by Gasteiger charge is -2.70. The Hall–Kier alpha value is -1.50. The maximum absolute atomic E-state index is 13.3. The number of halogens is 2. The van der Waals surface area contributed by atoms with Crippen LogP contribution in [0.3, 0.4) is 0 Å². The van der Waals surface area contributed by atoms with Gasteiger partial charge < -0.3 is 20.7 Å². The second-order valence-corrected chi connectivity index (χ2v) is 11.8. The van der Waals surface area contributed by atoms with Gasteiger partial charge >= 0.3 is 0 Å². The number of carbonyl (C=O) groups is 2. The van der Waals surface area contributed by atoms with E-state index in [-0.39, 0.29) is 35.4 Å². The van der Waals surface area contributed by atoms with E-state index in [9.17, 15) is 9.59 Å². The van der Waals surface area contributed by atoms with Gasteiger partial charge in [-0.2, -0.15) is 0 Å². The minimum Gasteiger partial charge on any atom is -0.484 e. The van der Waals surface area contributed by atoms with Crippen molar-refractivity contribution >= 4 is 35.0 Å². The molecule has 4 saturated carbocycles. The second-order valence-electron chi connectivity index (χ2n) is 11.0. The van der Waals surface area contributed by atoms with E-state index in [1.807, 2.05) is 0 Å². The predicted octanol–water partition coefficient (Wildman–Crippen LogP) is 4.48. The van der Waals surface area contributed by atoms with Crippen molar-refractivity contribution < 1.29 is 14.3 Å². The highest BCUT2D eigenvalue weighted by molar-refractivity contribution is 6.42. The largest absolute Gasteiger partial charge is 0.484 e. The van der Waals surface area contributed by atoms with Gasteiger partial charge in [0, 0.05) is 23.7 Å². The van der Waals surface area contributed by atoms with Crippen molar-refractivity contribution in [1.29, 1.82) is 0 Å². The van der Waals surface area contributed by atoms with E-state index in [0.29, 0.717) is 27.6 Å². The van der Waals surface area contributed by atoms with Crippen LogP contribution in [0.5, 0.6) is 5.75 Å². The van der Waals surface area contributed by atoms with Gasteiger partial charge in [0.1, 0.15) is 5.75 Å². The molecule has 2 unspecified atom stereocenters. The van der Waals surface area contributed by atoms with E-state index < -0.39 is 0 Å². The molecule has 1 aromatic carbocycles. The number of benzene rings is 1. The van der Waals surface area contributed by atoms with E-state index in [4.69, 9.17) is 27.9 Å². The quantitative estimate of drug-likeness (QED) is 0.475. The zero-order chi connectivity index (χ0) is 23.8. The smallest absolute Gasteiger partial charge is 0.258 e. The Kier molecular flexibility index (Phi) is 7.02. The first kappa shape index (κ1) is 24.2. The van der Waals surface area contributed by atoms with Gasteiger partial charge in [-0.3, -0.25) is 9.59 Å². The Balaban J connectivity index is 1.09. The van der Waals surface area contributed by atoms with E-state index in [1.54, 1.807) is 18.2 Å². The van der Waals surface area contributed by atoms with Crippen LogP contribution < -0.4 is 20.7 Å². The maximum Gasteiger partial charge on any atom is 0.258 e. The highest BCUT2D eigenvalue weighted by Gasteiger charge is 2.69. The number of rotatable bonds is 7. The molecule has 2 bridgehead atoms. The number of piperidine rings is 1. The topological polar surface area (TPSA) is 79.5 Å². The molecule has 186 valence electrons. The van der Waals surface area contributed by atoms with Gasteiger partial charge in [0.2, 0.25) is 5.91 Å². The number of amides is 2. The van der Waals surface area contributed by atoms with Gasteiger partial charge in [0.25, 0.3) is 5.91 Å². The number of carbonyl (C=O) groups excluding carboxylic acids is 2. The Bertz CT molecular complexity index is 912. The monoisotopic (exact) mass is 507 g/mol. The number of nitrogens with one attached hydrogen (secondary N) is 3. The van der Waals surface area contributed by atoms with Crippen molar-refractivity contribution in [3.63, 3.8) is 0 Å². The fourth-order valence-electron chi connectivity index (χ4n) is 6.92. The molecule has 1 heterocycles. The van der Waals surface area contributed by atoms with Crippen LogP contribution in [0.4, 0.5) is 0 Å². The van der Waals surface area contributed by atoms with Crippen LogP contribution in [0, 0.1) is 17.8 Å². The third-order valence-electron chi connectivity index (χ3n) is 8.46. The van der Waals surface area contributed by atoms with Crippen molar-refractivity contribution in [3.8, 4) is 5.75 Å². The first-order chi connectivity index (χ1) is 16.4. The predicted molar refractivity (Wildman–Crippen MR) is 133 cm³/mol. The summed E-state index contributed by atoms with van der Waals surface area (Å²) in [6, 6.07) is 4.94. The Labute approximate surface area is 211 Å². The molecule has 2 atom stereocenters. The molecule has 34 heavy (non-hydrogen) atoms. The molecule has 5 aliphatic rings. The lowest BCUT2D eigenvalue weighted by Crippen LogP contribution is -2.84. The average Bonchev–Trinajstić information content (AvgIpc) is 3.07. The Morgan fingerprint density at radius 1 is 0.971 bits per heavy atom. The molecule has 3 N–H and O–H groups in total. The van der Waals surface area contributed by atoms with Gasteiger partial charge in [0.05, 0.1) is 16.0 Å². The van der Waals surface area contributed by atoms with Gasteiger partial charge in [-0.1, -0.05) is 61.7 Å². The van der Waals surface area contributed by atoms with Gasteiger partial charge in [-0.05, 0) is 56.2 Å². The molecular formula is C26H35Cl2N3O3. The molecule has 1 saturated heterocycles. The number of hydrogen-bond donors (Lipinski definition) is 3. The molecule has 6 rings (SSSR count). The zero-order valence-corrected chi connectivity index (χ0v) is 21.1. The van der Waals surface area contributed by atoms with Crippen LogP contribution >= 0.6 is 23.2 Å². The Morgan fingerprint density at radius 3 is 2.38 bits per heavy atom. The van der Waals surface area contributed by atoms with Crippen LogP contribution in [-0.2, 0) is 9.59 Å². The summed E-state index contributed by atoms with van der Waals surface area (Å²) in [7, 11) is 0. The summed E-state index contributed by atoms with van der Waals surface area (Å²) in [6.45, 7) is 1.74. The first-order valence-electron chi connectivity index (χ1n) is 12.8. The number of hydrogen-bond acceptors (Lipinski definition) is 4. The normalized spacial score (nSPS) is 33.1. The molecule has 1 aromatic rings. The fourth-order valence-corrected chi connectivity index (χ4v) is 7.21. The van der Waals surface area contributed by atoms with E-state index in [0.717, 1.165) is 38.8 Å². The maximum atomic E-state index is 13.3. The lowest BCUT2D eigenvalue weighted by molar-refractivity contribution is -0.154. The summed E-state index contributed by atoms with van der Waals surface area (Å²) in [5.41, 5.74) is -0.336. The van der Waals surface area contributed by atoms with Crippen molar-refractivity contribution in [1.82, 2.24) is 16.0 Å². The second kappa shape index (κ2) is 9.87. The molecule has 0 spiro atoms. The Morgan fingerprint density at radius 2 is 1.68 bits per heavy atom. The highest BCUT2D eigenvalue weighted by Crippen LogP contribution is 2.60. The highest BCUT2D eigenvalue weighted by atomic mass is 35.5. The van der Waals surface area contributed by atoms with Crippen LogP contribution in [-0.4, -0.2) is 42.6 Å². The third-order valence-corrected chi connectivity index (χ3v) is 9.20. The molecule has 1 aliphatic heterocycles. The molecule has 6 nitrogen and oxygen atoms in total. The standard InChI is InChI=1S/C26H35Cl2N3O3/c27-21-8-7-18(11-22(21)28)34-13-23(32)30-25-14-26(15-25,16-25)31-24(33)20-12-29-10-9-19(20)17-5-3-1-2-4-6-17/h7-8,11,17,19-20,29H,1-6,9-10,12-16H2,(H,30,32)(H,31,33). The van der Waals surface area contributed by atoms with Gasteiger partial charge in [0.15, 0.2) is 6.61 Å². The molecule has 0 radical (unpaired) electrons. The molecule has 2 amide bonds. The zero-order valence-electron chi connectivity index (χ0n) is 19.6. The van der Waals surface area contributed by atoms with E-state index >= 15 is 0 Å².